The summed E-state index contributed by atoms with van der Waals surface area (Å²) in [5, 5.41) is 0. The maximum atomic E-state index is 12.2. The Balaban J connectivity index is 2.08. The lowest BCUT2D eigenvalue weighted by Gasteiger charge is -2.15. The average Bonchev–Trinajstić information content (AvgIpc) is 2.83. The van der Waals surface area contributed by atoms with Crippen LogP contribution in [0.15, 0.2) is 34.9 Å². The predicted octanol–water partition coefficient (Wildman–Crippen LogP) is 1.89. The second-order valence-electron chi connectivity index (χ2n) is 4.47. The van der Waals surface area contributed by atoms with Crippen molar-refractivity contribution in [3.05, 3.63) is 53.2 Å². The normalized spacial score (nSPS) is 10.3. The van der Waals surface area contributed by atoms with Gasteiger partial charge >= 0.3 is 0 Å². The van der Waals surface area contributed by atoms with Crippen molar-refractivity contribution in [3.63, 3.8) is 0 Å². The van der Waals surface area contributed by atoms with Gasteiger partial charge in [0.25, 0.3) is 5.91 Å². The van der Waals surface area contributed by atoms with E-state index in [9.17, 15) is 4.79 Å². The minimum absolute atomic E-state index is 0.187. The minimum Gasteiger partial charge on any atom is -0.464 e. The Morgan fingerprint density at radius 1 is 1.40 bits per heavy atom. The molecule has 2 heterocycles. The number of carbonyl (C=O) groups is 1. The number of thiocarbonyl (C=S) groups is 1. The first-order chi connectivity index (χ1) is 9.47. The SMILES string of the molecule is Cc1ccc(CN(C)C(=O)c2ccc(C(N)=S)cn2)o1. The Bertz CT molecular complexity index is 634. The number of aromatic nitrogens is 1. The Morgan fingerprint density at radius 2 is 2.15 bits per heavy atom. The van der Waals surface area contributed by atoms with Crippen LogP contribution in [0.1, 0.15) is 27.6 Å². The number of pyridine rings is 1. The second-order valence-corrected chi connectivity index (χ2v) is 4.91. The molecule has 20 heavy (non-hydrogen) atoms. The van der Waals surface area contributed by atoms with Crippen molar-refractivity contribution in [1.82, 2.24) is 9.88 Å². The van der Waals surface area contributed by atoms with E-state index < -0.39 is 0 Å². The zero-order valence-corrected chi connectivity index (χ0v) is 12.1. The van der Waals surface area contributed by atoms with E-state index in [1.54, 1.807) is 24.1 Å². The predicted molar refractivity (Wildman–Crippen MR) is 79.4 cm³/mol. The molecule has 0 aliphatic rings. The number of carbonyl (C=O) groups excluding carboxylic acids is 1. The molecule has 0 saturated heterocycles. The molecule has 5 nitrogen and oxygen atoms in total. The molecule has 2 aromatic heterocycles. The summed E-state index contributed by atoms with van der Waals surface area (Å²) in [5.74, 6) is 1.37. The van der Waals surface area contributed by atoms with E-state index in [0.29, 0.717) is 17.8 Å². The minimum atomic E-state index is -0.187. The van der Waals surface area contributed by atoms with E-state index in [0.717, 1.165) is 11.5 Å². The molecular weight excluding hydrogens is 274 g/mol. The maximum absolute atomic E-state index is 12.2. The Kier molecular flexibility index (Phi) is 4.14. The van der Waals surface area contributed by atoms with Gasteiger partial charge in [-0.25, -0.2) is 0 Å². The van der Waals surface area contributed by atoms with Crippen molar-refractivity contribution in [2.24, 2.45) is 5.73 Å². The van der Waals surface area contributed by atoms with Gasteiger partial charge in [0.1, 0.15) is 22.2 Å². The van der Waals surface area contributed by atoms with Crippen molar-refractivity contribution in [1.29, 1.82) is 0 Å². The summed E-state index contributed by atoms with van der Waals surface area (Å²) in [4.78, 5) is 18.1. The molecule has 0 unspecified atom stereocenters. The van der Waals surface area contributed by atoms with Crippen molar-refractivity contribution < 1.29 is 9.21 Å². The highest BCUT2D eigenvalue weighted by molar-refractivity contribution is 7.80. The first-order valence-electron chi connectivity index (χ1n) is 6.04. The van der Waals surface area contributed by atoms with E-state index >= 15 is 0 Å². The lowest BCUT2D eigenvalue weighted by Crippen LogP contribution is -2.27. The molecule has 0 spiro atoms. The lowest BCUT2D eigenvalue weighted by molar-refractivity contribution is 0.0769. The molecule has 0 atom stereocenters. The highest BCUT2D eigenvalue weighted by Crippen LogP contribution is 2.11. The van der Waals surface area contributed by atoms with E-state index in [1.807, 2.05) is 19.1 Å². The van der Waals surface area contributed by atoms with E-state index in [2.05, 4.69) is 4.98 Å². The summed E-state index contributed by atoms with van der Waals surface area (Å²) >= 11 is 4.84. The number of nitrogens with zero attached hydrogens (tertiary/aromatic N) is 2. The van der Waals surface area contributed by atoms with Crippen LogP contribution in [-0.4, -0.2) is 27.8 Å². The molecule has 0 radical (unpaired) electrons. The molecule has 0 aliphatic heterocycles. The molecule has 0 bridgehead atoms. The van der Waals surface area contributed by atoms with Crippen LogP contribution in [0.2, 0.25) is 0 Å². The van der Waals surface area contributed by atoms with Gasteiger partial charge in [0.05, 0.1) is 6.54 Å². The van der Waals surface area contributed by atoms with Gasteiger partial charge in [-0.1, -0.05) is 12.2 Å². The highest BCUT2D eigenvalue weighted by Gasteiger charge is 2.15. The van der Waals surface area contributed by atoms with Gasteiger partial charge in [0.2, 0.25) is 0 Å². The summed E-state index contributed by atoms with van der Waals surface area (Å²) in [6.07, 6.45) is 1.50. The number of nitrogens with two attached hydrogens (primary N) is 1. The number of hydrogen-bond acceptors (Lipinski definition) is 4. The Morgan fingerprint density at radius 3 is 2.65 bits per heavy atom. The van der Waals surface area contributed by atoms with Crippen molar-refractivity contribution in [2.75, 3.05) is 7.05 Å². The van der Waals surface area contributed by atoms with E-state index in [4.69, 9.17) is 22.4 Å². The molecule has 2 aromatic rings. The van der Waals surface area contributed by atoms with Gasteiger partial charge < -0.3 is 15.1 Å². The maximum Gasteiger partial charge on any atom is 0.272 e. The van der Waals surface area contributed by atoms with Gasteiger partial charge in [0, 0.05) is 18.8 Å². The topological polar surface area (TPSA) is 72.4 Å². The van der Waals surface area contributed by atoms with Crippen LogP contribution in [0.3, 0.4) is 0 Å². The van der Waals surface area contributed by atoms with Gasteiger partial charge in [-0.3, -0.25) is 9.78 Å². The molecule has 2 rings (SSSR count). The molecule has 1 amide bonds. The fourth-order valence-corrected chi connectivity index (χ4v) is 1.86. The van der Waals surface area contributed by atoms with Crippen molar-refractivity contribution in [3.8, 4) is 0 Å². The third-order valence-electron chi connectivity index (χ3n) is 2.80. The molecule has 2 N–H and O–H groups in total. The number of furan rings is 1. The molecule has 0 aromatic carbocycles. The number of aryl methyl sites for hydroxylation is 1. The zero-order valence-electron chi connectivity index (χ0n) is 11.3. The van der Waals surface area contributed by atoms with Gasteiger partial charge in [0.15, 0.2) is 0 Å². The summed E-state index contributed by atoms with van der Waals surface area (Å²) < 4.78 is 5.44. The quantitative estimate of drug-likeness (QED) is 0.870. The third-order valence-corrected chi connectivity index (χ3v) is 3.04. The molecule has 6 heteroatoms. The Labute approximate surface area is 122 Å². The lowest BCUT2D eigenvalue weighted by atomic mass is 10.2. The third kappa shape index (κ3) is 3.21. The number of rotatable bonds is 4. The van der Waals surface area contributed by atoms with Gasteiger partial charge in [-0.05, 0) is 31.2 Å². The molecule has 0 aliphatic carbocycles. The van der Waals surface area contributed by atoms with Gasteiger partial charge in [-0.15, -0.1) is 0 Å². The summed E-state index contributed by atoms with van der Waals surface area (Å²) in [7, 11) is 1.70. The Hall–Kier alpha value is -2.21. The fourth-order valence-electron chi connectivity index (χ4n) is 1.74. The summed E-state index contributed by atoms with van der Waals surface area (Å²) in [6.45, 7) is 2.26. The largest absolute Gasteiger partial charge is 0.464 e. The standard InChI is InChI=1S/C14H15N3O2S/c1-9-3-5-11(19-9)8-17(2)14(18)12-6-4-10(7-16-12)13(15)20/h3-7H,8H2,1-2H3,(H2,15,20). The number of hydrogen-bond donors (Lipinski definition) is 1. The van der Waals surface area contributed by atoms with Crippen LogP contribution in [0.5, 0.6) is 0 Å². The summed E-state index contributed by atoms with van der Waals surface area (Å²) in [5.41, 5.74) is 6.47. The van der Waals surface area contributed by atoms with Crippen LogP contribution in [0.4, 0.5) is 0 Å². The molecule has 0 saturated carbocycles. The molecule has 104 valence electrons. The zero-order chi connectivity index (χ0) is 14.7. The van der Waals surface area contributed by atoms with Crippen molar-refractivity contribution >= 4 is 23.1 Å². The van der Waals surface area contributed by atoms with Crippen LogP contribution in [-0.2, 0) is 6.54 Å². The molecular formula is C14H15N3O2S. The first kappa shape index (κ1) is 14.2. The average molecular weight is 289 g/mol. The van der Waals surface area contributed by atoms with Crippen LogP contribution < -0.4 is 5.73 Å². The van der Waals surface area contributed by atoms with Gasteiger partial charge in [-0.2, -0.15) is 0 Å². The van der Waals surface area contributed by atoms with Crippen molar-refractivity contribution in [2.45, 2.75) is 13.5 Å². The van der Waals surface area contributed by atoms with Crippen LogP contribution in [0.25, 0.3) is 0 Å². The monoisotopic (exact) mass is 289 g/mol. The summed E-state index contributed by atoms with van der Waals surface area (Å²) in [6, 6.07) is 7.01. The van der Waals surface area contributed by atoms with E-state index in [1.165, 1.54) is 6.20 Å². The smallest absolute Gasteiger partial charge is 0.272 e. The number of amides is 1. The first-order valence-corrected chi connectivity index (χ1v) is 6.45. The van der Waals surface area contributed by atoms with Crippen LogP contribution >= 0.6 is 12.2 Å². The van der Waals surface area contributed by atoms with E-state index in [-0.39, 0.29) is 10.9 Å². The van der Waals surface area contributed by atoms with Crippen LogP contribution in [0, 0.1) is 6.92 Å². The highest BCUT2D eigenvalue weighted by atomic mass is 32.1. The molecule has 0 fully saturated rings. The fraction of sp³-hybridized carbons (Fsp3) is 0.214. The second kappa shape index (κ2) is 5.83.